The Labute approximate surface area is 346 Å². The van der Waals surface area contributed by atoms with E-state index in [0.717, 1.165) is 17.1 Å². The fourth-order valence-electron chi connectivity index (χ4n) is 8.22. The molecule has 0 bridgehead atoms. The molecule has 0 amide bonds. The van der Waals surface area contributed by atoms with E-state index in [1.165, 1.54) is 77.5 Å². The van der Waals surface area contributed by atoms with Crippen molar-refractivity contribution in [2.45, 2.75) is 0 Å². The Kier molecular flexibility index (Phi) is 9.68. The van der Waals surface area contributed by atoms with Gasteiger partial charge in [0.2, 0.25) is 0 Å². The van der Waals surface area contributed by atoms with Crippen LogP contribution in [0.15, 0.2) is 249 Å². The number of hydrogen-bond donors (Lipinski definition) is 0. The molecule has 0 fully saturated rings. The monoisotopic (exact) mass is 751 g/mol. The van der Waals surface area contributed by atoms with Crippen molar-refractivity contribution in [3.63, 3.8) is 0 Å². The molecule has 59 heavy (non-hydrogen) atoms. The highest BCUT2D eigenvalue weighted by molar-refractivity contribution is 5.97. The average molecular weight is 752 g/mol. The fraction of sp³-hybridized carbons (Fsp3) is 0. The van der Waals surface area contributed by atoms with Crippen LogP contribution in [0.5, 0.6) is 0 Å². The maximum absolute atomic E-state index is 2.35. The van der Waals surface area contributed by atoms with Crippen molar-refractivity contribution in [2.24, 2.45) is 0 Å². The summed E-state index contributed by atoms with van der Waals surface area (Å²) in [5.74, 6) is 0. The van der Waals surface area contributed by atoms with Crippen molar-refractivity contribution in [1.29, 1.82) is 0 Å². The zero-order valence-corrected chi connectivity index (χ0v) is 32.6. The van der Waals surface area contributed by atoms with Crippen LogP contribution in [0, 0.1) is 0 Å². The number of benzene rings is 10. The van der Waals surface area contributed by atoms with Crippen molar-refractivity contribution in [1.82, 2.24) is 0 Å². The Bertz CT molecular complexity index is 2870. The highest BCUT2D eigenvalue weighted by Crippen LogP contribution is 2.39. The van der Waals surface area contributed by atoms with E-state index in [-0.39, 0.29) is 0 Å². The first-order valence-electron chi connectivity index (χ1n) is 20.2. The molecule has 0 radical (unpaired) electrons. The van der Waals surface area contributed by atoms with E-state index < -0.39 is 0 Å². The quantitative estimate of drug-likeness (QED) is 0.142. The molecule has 0 atom stereocenters. The van der Waals surface area contributed by atoms with Crippen LogP contribution in [-0.2, 0) is 0 Å². The third-order valence-corrected chi connectivity index (χ3v) is 11.3. The fourth-order valence-corrected chi connectivity index (χ4v) is 8.22. The van der Waals surface area contributed by atoms with Crippen LogP contribution < -0.4 is 4.90 Å². The molecule has 10 aromatic carbocycles. The van der Waals surface area contributed by atoms with Crippen LogP contribution in [0.25, 0.3) is 77.5 Å². The summed E-state index contributed by atoms with van der Waals surface area (Å²) in [6.07, 6.45) is 0. The van der Waals surface area contributed by atoms with Gasteiger partial charge in [-0.1, -0.05) is 194 Å². The summed E-state index contributed by atoms with van der Waals surface area (Å²) in [7, 11) is 0. The Hall–Kier alpha value is -7.74. The third kappa shape index (κ3) is 7.46. The molecule has 278 valence electrons. The minimum atomic E-state index is 1.09. The van der Waals surface area contributed by atoms with Gasteiger partial charge in [-0.15, -0.1) is 0 Å². The molecule has 0 unspecified atom stereocenters. The largest absolute Gasteiger partial charge is 0.311 e. The lowest BCUT2D eigenvalue weighted by Gasteiger charge is -2.26. The molecular formula is C58H41N. The summed E-state index contributed by atoms with van der Waals surface area (Å²) in [5, 5.41) is 2.52. The second-order valence-electron chi connectivity index (χ2n) is 15.0. The lowest BCUT2D eigenvalue weighted by molar-refractivity contribution is 1.28. The molecule has 0 saturated heterocycles. The van der Waals surface area contributed by atoms with Gasteiger partial charge in [0.1, 0.15) is 0 Å². The molecule has 0 aromatic heterocycles. The zero-order chi connectivity index (χ0) is 39.4. The van der Waals surface area contributed by atoms with Gasteiger partial charge in [-0.05, 0) is 132 Å². The normalized spacial score (nSPS) is 11.1. The highest BCUT2D eigenvalue weighted by atomic mass is 15.1. The smallest absolute Gasteiger partial charge is 0.0462 e. The Balaban J connectivity index is 0.997. The first kappa shape index (κ1) is 35.7. The first-order chi connectivity index (χ1) is 29.2. The lowest BCUT2D eigenvalue weighted by atomic mass is 9.95. The van der Waals surface area contributed by atoms with Crippen LogP contribution >= 0.6 is 0 Å². The number of rotatable bonds is 9. The second kappa shape index (κ2) is 16.0. The van der Waals surface area contributed by atoms with Crippen LogP contribution in [0.3, 0.4) is 0 Å². The molecule has 0 aliphatic heterocycles. The maximum atomic E-state index is 2.35. The van der Waals surface area contributed by atoms with Crippen molar-refractivity contribution < 1.29 is 0 Å². The molecule has 0 N–H and O–H groups in total. The van der Waals surface area contributed by atoms with Gasteiger partial charge in [-0.25, -0.2) is 0 Å². The van der Waals surface area contributed by atoms with E-state index in [9.17, 15) is 0 Å². The predicted octanol–water partition coefficient (Wildman–Crippen LogP) is 16.3. The van der Waals surface area contributed by atoms with Crippen molar-refractivity contribution >= 4 is 27.8 Å². The van der Waals surface area contributed by atoms with Gasteiger partial charge in [0.25, 0.3) is 0 Å². The van der Waals surface area contributed by atoms with Crippen molar-refractivity contribution in [2.75, 3.05) is 4.90 Å². The van der Waals surface area contributed by atoms with Crippen LogP contribution in [-0.4, -0.2) is 0 Å². The lowest BCUT2D eigenvalue weighted by Crippen LogP contribution is -2.09. The Morgan fingerprint density at radius 1 is 0.203 bits per heavy atom. The summed E-state index contributed by atoms with van der Waals surface area (Å²) in [4.78, 5) is 2.35. The number of anilines is 3. The van der Waals surface area contributed by atoms with E-state index in [1.807, 2.05) is 0 Å². The van der Waals surface area contributed by atoms with E-state index in [4.69, 9.17) is 0 Å². The predicted molar refractivity (Wildman–Crippen MR) is 251 cm³/mol. The minimum absolute atomic E-state index is 1.09. The molecule has 0 aliphatic rings. The van der Waals surface area contributed by atoms with Gasteiger partial charge in [-0.2, -0.15) is 0 Å². The molecule has 1 nitrogen and oxygen atoms in total. The van der Waals surface area contributed by atoms with Gasteiger partial charge < -0.3 is 4.90 Å². The molecule has 0 spiro atoms. The summed E-state index contributed by atoms with van der Waals surface area (Å²) >= 11 is 0. The van der Waals surface area contributed by atoms with Crippen molar-refractivity contribution in [3.8, 4) is 66.8 Å². The highest BCUT2D eigenvalue weighted by Gasteiger charge is 2.15. The summed E-state index contributed by atoms with van der Waals surface area (Å²) in [6, 6.07) is 89.7. The number of nitrogens with zero attached hydrogens (tertiary/aromatic N) is 1. The second-order valence-corrected chi connectivity index (χ2v) is 15.0. The number of fused-ring (bicyclic) bond motifs is 1. The minimum Gasteiger partial charge on any atom is -0.311 e. The van der Waals surface area contributed by atoms with Gasteiger partial charge >= 0.3 is 0 Å². The molecular weight excluding hydrogens is 711 g/mol. The van der Waals surface area contributed by atoms with Gasteiger partial charge in [0, 0.05) is 17.1 Å². The molecule has 10 aromatic rings. The summed E-state index contributed by atoms with van der Waals surface area (Å²) < 4.78 is 0. The Morgan fingerprint density at radius 2 is 0.508 bits per heavy atom. The van der Waals surface area contributed by atoms with E-state index in [2.05, 4.69) is 254 Å². The van der Waals surface area contributed by atoms with Crippen LogP contribution in [0.4, 0.5) is 17.1 Å². The standard InChI is InChI=1S/C58H41N/c1-3-13-42(14-4-1)48-19-9-21-50(39-48)44-27-33-54(34-28-44)59(55-35-29-45(30-36-55)51-22-10-20-49(40-51)43-15-5-2-6-16-43)56-37-31-46(32-38-56)52-23-11-24-53(41-52)58-26-12-18-47-17-7-8-25-57(47)58/h1-41H. The summed E-state index contributed by atoms with van der Waals surface area (Å²) in [5.41, 5.74) is 17.7. The van der Waals surface area contributed by atoms with Gasteiger partial charge in [0.15, 0.2) is 0 Å². The van der Waals surface area contributed by atoms with Crippen LogP contribution in [0.2, 0.25) is 0 Å². The zero-order valence-electron chi connectivity index (χ0n) is 32.6. The molecule has 10 rings (SSSR count). The molecule has 0 saturated carbocycles. The summed E-state index contributed by atoms with van der Waals surface area (Å²) in [6.45, 7) is 0. The topological polar surface area (TPSA) is 3.24 Å². The van der Waals surface area contributed by atoms with Crippen molar-refractivity contribution in [3.05, 3.63) is 249 Å². The first-order valence-corrected chi connectivity index (χ1v) is 20.2. The maximum Gasteiger partial charge on any atom is 0.0462 e. The molecule has 1 heteroatoms. The van der Waals surface area contributed by atoms with Crippen LogP contribution in [0.1, 0.15) is 0 Å². The van der Waals surface area contributed by atoms with E-state index >= 15 is 0 Å². The molecule has 0 heterocycles. The SMILES string of the molecule is c1ccc(-c2cccc(-c3ccc(N(c4ccc(-c5cccc(-c6ccccc6)c5)cc4)c4ccc(-c5cccc(-c6cccc7ccccc67)c5)cc4)cc3)c2)cc1. The van der Waals surface area contributed by atoms with E-state index in [0.29, 0.717) is 0 Å². The van der Waals surface area contributed by atoms with Gasteiger partial charge in [-0.3, -0.25) is 0 Å². The molecule has 0 aliphatic carbocycles. The number of hydrogen-bond acceptors (Lipinski definition) is 1. The van der Waals surface area contributed by atoms with Gasteiger partial charge in [0.05, 0.1) is 0 Å². The third-order valence-electron chi connectivity index (χ3n) is 11.3. The Morgan fingerprint density at radius 3 is 0.949 bits per heavy atom. The average Bonchev–Trinajstić information content (AvgIpc) is 3.33. The van der Waals surface area contributed by atoms with E-state index in [1.54, 1.807) is 0 Å².